The van der Waals surface area contributed by atoms with Gasteiger partial charge in [0.15, 0.2) is 5.78 Å². The molecular weight excluding hydrogens is 271 g/mol. The zero-order valence-electron chi connectivity index (χ0n) is 11.9. The number of ketones is 1. The van der Waals surface area contributed by atoms with E-state index in [4.69, 9.17) is 4.74 Å². The highest BCUT2D eigenvalue weighted by molar-refractivity contribution is 5.98. The first kappa shape index (κ1) is 13.8. The van der Waals surface area contributed by atoms with Crippen molar-refractivity contribution in [1.29, 1.82) is 0 Å². The highest BCUT2D eigenvalue weighted by atomic mass is 19.1. The van der Waals surface area contributed by atoms with Gasteiger partial charge in [-0.05, 0) is 43.9 Å². The Balaban J connectivity index is 1.87. The van der Waals surface area contributed by atoms with E-state index in [-0.39, 0.29) is 17.9 Å². The second-order valence-electron chi connectivity index (χ2n) is 5.24. The largest absolute Gasteiger partial charge is 0.496 e. The SMILES string of the molecule is COc1ccc(F)cc1C(=O)Cn1cnc2c1CCCC2. The summed E-state index contributed by atoms with van der Waals surface area (Å²) in [6.45, 7) is 0.169. The van der Waals surface area contributed by atoms with E-state index in [9.17, 15) is 9.18 Å². The molecular formula is C16H17FN2O2. The van der Waals surface area contributed by atoms with Gasteiger partial charge in [-0.3, -0.25) is 4.79 Å². The number of methoxy groups -OCH3 is 1. The minimum absolute atomic E-state index is 0.169. The molecule has 1 aliphatic rings. The Hall–Kier alpha value is -2.17. The van der Waals surface area contributed by atoms with Gasteiger partial charge in [0.2, 0.25) is 0 Å². The molecule has 0 N–H and O–H groups in total. The molecule has 1 heterocycles. The van der Waals surface area contributed by atoms with E-state index in [1.54, 1.807) is 6.33 Å². The molecule has 0 fully saturated rings. The molecule has 110 valence electrons. The molecule has 2 aromatic rings. The maximum atomic E-state index is 13.4. The van der Waals surface area contributed by atoms with Crippen LogP contribution in [0.2, 0.25) is 0 Å². The van der Waals surface area contributed by atoms with Crippen molar-refractivity contribution in [3.63, 3.8) is 0 Å². The fraction of sp³-hybridized carbons (Fsp3) is 0.375. The number of halogens is 1. The zero-order valence-corrected chi connectivity index (χ0v) is 11.9. The first-order valence-corrected chi connectivity index (χ1v) is 7.08. The number of aromatic nitrogens is 2. The van der Waals surface area contributed by atoms with Crippen LogP contribution in [0.5, 0.6) is 5.75 Å². The van der Waals surface area contributed by atoms with Gasteiger partial charge in [-0.2, -0.15) is 0 Å². The quantitative estimate of drug-likeness (QED) is 0.813. The van der Waals surface area contributed by atoms with E-state index < -0.39 is 5.82 Å². The second kappa shape index (κ2) is 5.68. The van der Waals surface area contributed by atoms with Crippen LogP contribution in [0.1, 0.15) is 34.6 Å². The van der Waals surface area contributed by atoms with Gasteiger partial charge in [0, 0.05) is 5.69 Å². The standard InChI is InChI=1S/C16H17FN2O2/c1-21-16-7-6-11(17)8-12(16)15(20)9-19-10-18-13-4-2-3-5-14(13)19/h6-8,10H,2-5,9H2,1H3. The van der Waals surface area contributed by atoms with E-state index in [2.05, 4.69) is 4.98 Å². The Bertz CT molecular complexity index is 679. The lowest BCUT2D eigenvalue weighted by atomic mass is 10.0. The van der Waals surface area contributed by atoms with Crippen LogP contribution in [-0.4, -0.2) is 22.4 Å². The molecule has 0 amide bonds. The van der Waals surface area contributed by atoms with Crippen LogP contribution in [0.4, 0.5) is 4.39 Å². The lowest BCUT2D eigenvalue weighted by Gasteiger charge is -2.14. The number of hydrogen-bond acceptors (Lipinski definition) is 3. The summed E-state index contributed by atoms with van der Waals surface area (Å²) in [7, 11) is 1.48. The number of Topliss-reactive ketones (excluding diaryl/α,β-unsaturated/α-hetero) is 1. The Morgan fingerprint density at radius 1 is 1.38 bits per heavy atom. The normalized spacial score (nSPS) is 13.8. The van der Waals surface area contributed by atoms with Crippen LogP contribution in [-0.2, 0) is 19.4 Å². The molecule has 5 heteroatoms. The van der Waals surface area contributed by atoms with Crippen LogP contribution in [0.15, 0.2) is 24.5 Å². The van der Waals surface area contributed by atoms with Gasteiger partial charge < -0.3 is 9.30 Å². The van der Waals surface area contributed by atoms with Crippen molar-refractivity contribution < 1.29 is 13.9 Å². The first-order valence-electron chi connectivity index (χ1n) is 7.08. The summed E-state index contributed by atoms with van der Waals surface area (Å²) in [6, 6.07) is 3.99. The molecule has 0 atom stereocenters. The van der Waals surface area contributed by atoms with E-state index >= 15 is 0 Å². The van der Waals surface area contributed by atoms with Gasteiger partial charge >= 0.3 is 0 Å². The predicted octanol–water partition coefficient (Wildman–Crippen LogP) is 2.79. The van der Waals surface area contributed by atoms with Crippen molar-refractivity contribution >= 4 is 5.78 Å². The number of rotatable bonds is 4. The van der Waals surface area contributed by atoms with Gasteiger partial charge in [-0.1, -0.05) is 0 Å². The number of hydrogen-bond donors (Lipinski definition) is 0. The molecule has 1 aromatic carbocycles. The van der Waals surface area contributed by atoms with Gasteiger partial charge in [0.25, 0.3) is 0 Å². The molecule has 0 unspecified atom stereocenters. The number of fused-ring (bicyclic) bond motifs is 1. The molecule has 0 spiro atoms. The third-order valence-corrected chi connectivity index (χ3v) is 3.89. The van der Waals surface area contributed by atoms with Gasteiger partial charge in [0.05, 0.1) is 31.2 Å². The van der Waals surface area contributed by atoms with Crippen LogP contribution in [0.25, 0.3) is 0 Å². The average Bonchev–Trinajstić information content (AvgIpc) is 2.90. The Morgan fingerprint density at radius 3 is 3.00 bits per heavy atom. The number of aryl methyl sites for hydroxylation is 1. The van der Waals surface area contributed by atoms with E-state index in [1.165, 1.54) is 25.3 Å². The lowest BCUT2D eigenvalue weighted by Crippen LogP contribution is -2.15. The molecule has 1 aliphatic carbocycles. The number of benzene rings is 1. The Morgan fingerprint density at radius 2 is 2.19 bits per heavy atom. The summed E-state index contributed by atoms with van der Waals surface area (Å²) in [5.41, 5.74) is 2.49. The van der Waals surface area contributed by atoms with Crippen molar-refractivity contribution in [3.05, 3.63) is 47.3 Å². The van der Waals surface area contributed by atoms with Crippen LogP contribution < -0.4 is 4.74 Å². The summed E-state index contributed by atoms with van der Waals surface area (Å²) in [5, 5.41) is 0. The number of nitrogens with zero attached hydrogens (tertiary/aromatic N) is 2. The molecule has 1 aromatic heterocycles. The van der Waals surface area contributed by atoms with Crippen molar-refractivity contribution in [2.24, 2.45) is 0 Å². The average molecular weight is 288 g/mol. The van der Waals surface area contributed by atoms with E-state index in [0.29, 0.717) is 5.75 Å². The van der Waals surface area contributed by atoms with Crippen LogP contribution in [0.3, 0.4) is 0 Å². The summed E-state index contributed by atoms with van der Waals surface area (Å²) in [4.78, 5) is 16.8. The number of imidazole rings is 1. The second-order valence-corrected chi connectivity index (χ2v) is 5.24. The van der Waals surface area contributed by atoms with Gasteiger partial charge in [0.1, 0.15) is 11.6 Å². The zero-order chi connectivity index (χ0) is 14.8. The molecule has 3 rings (SSSR count). The van der Waals surface area contributed by atoms with E-state index in [1.807, 2.05) is 4.57 Å². The number of ether oxygens (including phenoxy) is 1. The highest BCUT2D eigenvalue weighted by Crippen LogP contribution is 2.23. The fourth-order valence-electron chi connectivity index (χ4n) is 2.81. The van der Waals surface area contributed by atoms with Gasteiger partial charge in [-0.15, -0.1) is 0 Å². The summed E-state index contributed by atoms with van der Waals surface area (Å²) in [6.07, 6.45) is 5.90. The maximum absolute atomic E-state index is 13.4. The monoisotopic (exact) mass is 288 g/mol. The Kier molecular flexibility index (Phi) is 3.73. The van der Waals surface area contributed by atoms with Crippen molar-refractivity contribution in [3.8, 4) is 5.75 Å². The number of carbonyl (C=O) groups is 1. The predicted molar refractivity (Wildman–Crippen MR) is 76.2 cm³/mol. The maximum Gasteiger partial charge on any atom is 0.186 e. The molecule has 0 radical (unpaired) electrons. The van der Waals surface area contributed by atoms with Crippen molar-refractivity contribution in [1.82, 2.24) is 9.55 Å². The first-order chi connectivity index (χ1) is 10.2. The topological polar surface area (TPSA) is 44.1 Å². The highest BCUT2D eigenvalue weighted by Gasteiger charge is 2.19. The molecule has 0 bridgehead atoms. The number of carbonyl (C=O) groups excluding carboxylic acids is 1. The molecule has 0 aliphatic heterocycles. The van der Waals surface area contributed by atoms with Crippen molar-refractivity contribution in [2.45, 2.75) is 32.2 Å². The third-order valence-electron chi connectivity index (χ3n) is 3.89. The molecule has 21 heavy (non-hydrogen) atoms. The third kappa shape index (κ3) is 2.68. The van der Waals surface area contributed by atoms with E-state index in [0.717, 1.165) is 37.1 Å². The van der Waals surface area contributed by atoms with Crippen molar-refractivity contribution in [2.75, 3.05) is 7.11 Å². The smallest absolute Gasteiger partial charge is 0.186 e. The Labute approximate surface area is 122 Å². The molecule has 0 saturated heterocycles. The van der Waals surface area contributed by atoms with Crippen LogP contribution in [0, 0.1) is 5.82 Å². The summed E-state index contributed by atoms with van der Waals surface area (Å²) >= 11 is 0. The summed E-state index contributed by atoms with van der Waals surface area (Å²) in [5.74, 6) is -0.209. The van der Waals surface area contributed by atoms with Crippen LogP contribution >= 0.6 is 0 Å². The molecule has 0 saturated carbocycles. The minimum Gasteiger partial charge on any atom is -0.496 e. The summed E-state index contributed by atoms with van der Waals surface area (Å²) < 4.78 is 20.4. The minimum atomic E-state index is -0.438. The fourth-order valence-corrected chi connectivity index (χ4v) is 2.81. The lowest BCUT2D eigenvalue weighted by molar-refractivity contribution is 0.0967. The molecule has 4 nitrogen and oxygen atoms in total. The van der Waals surface area contributed by atoms with Gasteiger partial charge in [-0.25, -0.2) is 9.37 Å².